The number of hydrogen-bond donors (Lipinski definition) is 0. The molecule has 0 aliphatic rings. The van der Waals surface area contributed by atoms with Crippen LogP contribution in [0.15, 0.2) is 199 Å². The summed E-state index contributed by atoms with van der Waals surface area (Å²) in [6, 6.07) is 68.3. The third-order valence-corrected chi connectivity index (χ3v) is 11.3. The molecule has 0 saturated carbocycles. The fourth-order valence-corrected chi connectivity index (χ4v) is 8.74. The van der Waals surface area contributed by atoms with Crippen molar-refractivity contribution in [3.05, 3.63) is 194 Å². The lowest BCUT2D eigenvalue weighted by Crippen LogP contribution is -1.99. The zero-order valence-corrected chi connectivity index (χ0v) is 30.7. The van der Waals surface area contributed by atoms with E-state index in [9.17, 15) is 0 Å². The Morgan fingerprint density at radius 1 is 0.333 bits per heavy atom. The summed E-state index contributed by atoms with van der Waals surface area (Å²) in [5.74, 6) is 0.663. The Morgan fingerprint density at radius 2 is 0.825 bits per heavy atom. The van der Waals surface area contributed by atoms with Crippen molar-refractivity contribution >= 4 is 65.6 Å². The Balaban J connectivity index is 1.05. The minimum absolute atomic E-state index is 0.663. The molecule has 266 valence electrons. The van der Waals surface area contributed by atoms with E-state index in [2.05, 4.69) is 167 Å². The van der Waals surface area contributed by atoms with Crippen LogP contribution in [0, 0.1) is 0 Å². The molecule has 5 nitrogen and oxygen atoms in total. The second-order valence-corrected chi connectivity index (χ2v) is 14.6. The van der Waals surface area contributed by atoms with E-state index in [1.807, 2.05) is 36.4 Å². The number of hydrogen-bond acceptors (Lipinski definition) is 3. The third kappa shape index (κ3) is 4.89. The van der Waals surface area contributed by atoms with E-state index < -0.39 is 0 Å². The van der Waals surface area contributed by atoms with E-state index in [0.29, 0.717) is 5.82 Å². The molecule has 12 rings (SSSR count). The summed E-state index contributed by atoms with van der Waals surface area (Å²) in [5.41, 5.74) is 13.3. The number of rotatable bonds is 5. The van der Waals surface area contributed by atoms with Gasteiger partial charge in [0, 0.05) is 60.4 Å². The van der Waals surface area contributed by atoms with Crippen LogP contribution in [0.3, 0.4) is 0 Å². The standard InChI is InChI=1S/C52H32N4O/c1-3-13-33(14-4-1)44-32-45(35-25-28-41-40-19-9-12-22-48(40)57-49(41)31-35)54-52(53-44)34-23-26-37(27-24-34)56-47-21-11-8-18-39(47)43-30-29-42-38-17-7-10-20-46(38)55(50(42)51(43)56)36-15-5-2-6-16-36/h1-32H. The normalized spacial score (nSPS) is 11.9. The number of furan rings is 1. The lowest BCUT2D eigenvalue weighted by molar-refractivity contribution is 0.669. The van der Waals surface area contributed by atoms with E-state index >= 15 is 0 Å². The van der Waals surface area contributed by atoms with Crippen LogP contribution in [-0.4, -0.2) is 19.1 Å². The summed E-state index contributed by atoms with van der Waals surface area (Å²) < 4.78 is 11.1. The Hall–Kier alpha value is -7.76. The molecule has 0 atom stereocenters. The maximum Gasteiger partial charge on any atom is 0.160 e. The summed E-state index contributed by atoms with van der Waals surface area (Å²) >= 11 is 0. The monoisotopic (exact) mass is 728 g/mol. The van der Waals surface area contributed by atoms with Crippen LogP contribution in [0.25, 0.3) is 111 Å². The highest BCUT2D eigenvalue weighted by Gasteiger charge is 2.21. The highest BCUT2D eigenvalue weighted by Crippen LogP contribution is 2.42. The highest BCUT2D eigenvalue weighted by atomic mass is 16.3. The number of nitrogens with zero attached hydrogens (tertiary/aromatic N) is 4. The van der Waals surface area contributed by atoms with E-state index in [0.717, 1.165) is 66.9 Å². The largest absolute Gasteiger partial charge is 0.456 e. The molecule has 57 heavy (non-hydrogen) atoms. The molecule has 4 aromatic heterocycles. The van der Waals surface area contributed by atoms with Gasteiger partial charge in [0.15, 0.2) is 5.82 Å². The van der Waals surface area contributed by atoms with E-state index in [1.54, 1.807) is 0 Å². The molecule has 0 fully saturated rings. The molecule has 12 aromatic rings. The molecule has 0 spiro atoms. The van der Waals surface area contributed by atoms with Gasteiger partial charge in [0.25, 0.3) is 0 Å². The summed E-state index contributed by atoms with van der Waals surface area (Å²) in [6.45, 7) is 0. The molecule has 0 aliphatic carbocycles. The first-order chi connectivity index (χ1) is 28.3. The van der Waals surface area contributed by atoms with Gasteiger partial charge < -0.3 is 13.6 Å². The van der Waals surface area contributed by atoms with Gasteiger partial charge in [-0.1, -0.05) is 121 Å². The zero-order chi connectivity index (χ0) is 37.5. The average Bonchev–Trinajstić information content (AvgIpc) is 3.94. The lowest BCUT2D eigenvalue weighted by atomic mass is 10.0. The van der Waals surface area contributed by atoms with Crippen molar-refractivity contribution in [3.8, 4) is 45.3 Å². The van der Waals surface area contributed by atoms with Gasteiger partial charge in [-0.25, -0.2) is 9.97 Å². The van der Waals surface area contributed by atoms with Crippen LogP contribution in [0.5, 0.6) is 0 Å². The van der Waals surface area contributed by atoms with Crippen LogP contribution >= 0.6 is 0 Å². The van der Waals surface area contributed by atoms with Crippen molar-refractivity contribution in [3.63, 3.8) is 0 Å². The predicted molar refractivity (Wildman–Crippen MR) is 234 cm³/mol. The topological polar surface area (TPSA) is 48.8 Å². The second kappa shape index (κ2) is 12.4. The maximum absolute atomic E-state index is 6.28. The minimum atomic E-state index is 0.663. The van der Waals surface area contributed by atoms with Crippen LogP contribution in [0.1, 0.15) is 0 Å². The molecule has 0 amide bonds. The van der Waals surface area contributed by atoms with Crippen molar-refractivity contribution in [1.29, 1.82) is 0 Å². The van der Waals surface area contributed by atoms with Crippen molar-refractivity contribution in [2.75, 3.05) is 0 Å². The molecule has 0 unspecified atom stereocenters. The van der Waals surface area contributed by atoms with E-state index in [-0.39, 0.29) is 0 Å². The van der Waals surface area contributed by atoms with Gasteiger partial charge in [0.2, 0.25) is 0 Å². The smallest absolute Gasteiger partial charge is 0.160 e. The molecule has 0 N–H and O–H groups in total. The molecule has 0 saturated heterocycles. The molecular weight excluding hydrogens is 697 g/mol. The molecule has 0 aliphatic heterocycles. The van der Waals surface area contributed by atoms with Gasteiger partial charge in [-0.2, -0.15) is 0 Å². The number of fused-ring (bicyclic) bond motifs is 10. The quantitative estimate of drug-likeness (QED) is 0.177. The number of aromatic nitrogens is 4. The van der Waals surface area contributed by atoms with Gasteiger partial charge in [-0.05, 0) is 72.8 Å². The summed E-state index contributed by atoms with van der Waals surface area (Å²) in [5, 5.41) is 7.09. The average molecular weight is 729 g/mol. The number of para-hydroxylation sites is 4. The fourth-order valence-electron chi connectivity index (χ4n) is 8.74. The zero-order valence-electron chi connectivity index (χ0n) is 30.7. The van der Waals surface area contributed by atoms with Crippen LogP contribution in [-0.2, 0) is 0 Å². The van der Waals surface area contributed by atoms with Crippen molar-refractivity contribution in [1.82, 2.24) is 19.1 Å². The second-order valence-electron chi connectivity index (χ2n) is 14.6. The Bertz CT molecular complexity index is 3500. The molecule has 0 radical (unpaired) electrons. The predicted octanol–water partition coefficient (Wildman–Crippen LogP) is 13.6. The molecule has 5 heteroatoms. The Labute approximate surface area is 327 Å². The summed E-state index contributed by atoms with van der Waals surface area (Å²) in [4.78, 5) is 10.4. The highest BCUT2D eigenvalue weighted by molar-refractivity contribution is 6.23. The maximum atomic E-state index is 6.28. The van der Waals surface area contributed by atoms with Gasteiger partial charge in [0.05, 0.1) is 33.5 Å². The summed E-state index contributed by atoms with van der Waals surface area (Å²) in [7, 11) is 0. The van der Waals surface area contributed by atoms with Crippen molar-refractivity contribution in [2.45, 2.75) is 0 Å². The molecule has 8 aromatic carbocycles. The van der Waals surface area contributed by atoms with E-state index in [4.69, 9.17) is 14.4 Å². The van der Waals surface area contributed by atoms with Gasteiger partial charge >= 0.3 is 0 Å². The van der Waals surface area contributed by atoms with Crippen LogP contribution in [0.2, 0.25) is 0 Å². The van der Waals surface area contributed by atoms with Crippen molar-refractivity contribution < 1.29 is 4.42 Å². The van der Waals surface area contributed by atoms with Crippen molar-refractivity contribution in [2.24, 2.45) is 0 Å². The molecule has 0 bridgehead atoms. The van der Waals surface area contributed by atoms with Gasteiger partial charge in [0.1, 0.15) is 11.2 Å². The lowest BCUT2D eigenvalue weighted by Gasteiger charge is -2.13. The first-order valence-electron chi connectivity index (χ1n) is 19.2. The minimum Gasteiger partial charge on any atom is -0.456 e. The molecular formula is C52H32N4O. The fraction of sp³-hybridized carbons (Fsp3) is 0. The summed E-state index contributed by atoms with van der Waals surface area (Å²) in [6.07, 6.45) is 0. The van der Waals surface area contributed by atoms with Gasteiger partial charge in [-0.3, -0.25) is 0 Å². The number of benzene rings is 8. The first-order valence-corrected chi connectivity index (χ1v) is 19.2. The van der Waals surface area contributed by atoms with Crippen LogP contribution < -0.4 is 0 Å². The van der Waals surface area contributed by atoms with E-state index in [1.165, 1.54) is 38.1 Å². The Kier molecular flexibility index (Phi) is 6.86. The first kappa shape index (κ1) is 31.6. The van der Waals surface area contributed by atoms with Crippen LogP contribution in [0.4, 0.5) is 0 Å². The van der Waals surface area contributed by atoms with Gasteiger partial charge in [-0.15, -0.1) is 0 Å². The SMILES string of the molecule is c1ccc(-c2cc(-c3ccc4c(c3)oc3ccccc34)nc(-c3ccc(-n4c5ccccc5c5ccc6c7ccccc7n(-c7ccccc7)c6c54)cc3)n2)cc1. The molecule has 4 heterocycles. The third-order valence-electron chi connectivity index (χ3n) is 11.3. The Morgan fingerprint density at radius 3 is 1.49 bits per heavy atom.